The second-order valence-electron chi connectivity index (χ2n) is 5.60. The van der Waals surface area contributed by atoms with E-state index in [9.17, 15) is 4.79 Å². The minimum Gasteiger partial charge on any atom is -0.467 e. The Morgan fingerprint density at radius 3 is 2.54 bits per heavy atom. The van der Waals surface area contributed by atoms with E-state index in [4.69, 9.17) is 9.68 Å². The zero-order valence-electron chi connectivity index (χ0n) is 14.2. The van der Waals surface area contributed by atoms with Crippen molar-refractivity contribution in [2.45, 2.75) is 13.1 Å². The van der Waals surface area contributed by atoms with Crippen LogP contribution in [0.25, 0.3) is 0 Å². The van der Waals surface area contributed by atoms with Crippen molar-refractivity contribution in [3.63, 3.8) is 0 Å². The summed E-state index contributed by atoms with van der Waals surface area (Å²) in [5, 5.41) is 19.5. The Kier molecular flexibility index (Phi) is 5.25. The molecule has 0 aliphatic carbocycles. The summed E-state index contributed by atoms with van der Waals surface area (Å²) in [5.74, 6) is 1.30. The normalized spacial score (nSPS) is 10.2. The van der Waals surface area contributed by atoms with Gasteiger partial charge in [0.05, 0.1) is 12.8 Å². The number of nitrogens with zero attached hydrogens (tertiary/aromatic N) is 4. The van der Waals surface area contributed by atoms with E-state index in [2.05, 4.69) is 15.5 Å². The zero-order chi connectivity index (χ0) is 18.4. The van der Waals surface area contributed by atoms with Gasteiger partial charge in [0.2, 0.25) is 0 Å². The van der Waals surface area contributed by atoms with Crippen molar-refractivity contribution in [1.29, 1.82) is 5.26 Å². The molecule has 7 heteroatoms. The van der Waals surface area contributed by atoms with Crippen LogP contribution in [0, 0.1) is 11.3 Å². The second-order valence-corrected chi connectivity index (χ2v) is 5.60. The molecule has 0 radical (unpaired) electrons. The first kappa shape index (κ1) is 17.2. The van der Waals surface area contributed by atoms with Crippen LogP contribution in [-0.4, -0.2) is 23.2 Å². The van der Waals surface area contributed by atoms with Gasteiger partial charge in [0.25, 0.3) is 5.91 Å². The molecule has 0 saturated carbocycles. The Hall–Kier alpha value is -3.66. The first-order chi connectivity index (χ1) is 12.7. The molecule has 2 heterocycles. The predicted octanol–water partition coefficient (Wildman–Crippen LogP) is 2.51. The highest BCUT2D eigenvalue weighted by Gasteiger charge is 2.13. The van der Waals surface area contributed by atoms with Gasteiger partial charge < -0.3 is 14.6 Å². The van der Waals surface area contributed by atoms with E-state index >= 15 is 0 Å². The molecule has 0 aliphatic heterocycles. The van der Waals surface area contributed by atoms with E-state index in [1.54, 1.807) is 37.6 Å². The van der Waals surface area contributed by atoms with Gasteiger partial charge >= 0.3 is 0 Å². The van der Waals surface area contributed by atoms with Gasteiger partial charge in [0.1, 0.15) is 11.8 Å². The third-order valence-corrected chi connectivity index (χ3v) is 3.83. The van der Waals surface area contributed by atoms with Crippen LogP contribution in [0.5, 0.6) is 0 Å². The summed E-state index contributed by atoms with van der Waals surface area (Å²) in [6.45, 7) is 1.06. The smallest absolute Gasteiger partial charge is 0.251 e. The number of carbonyl (C=O) groups is 1. The highest BCUT2D eigenvalue weighted by molar-refractivity contribution is 5.93. The fraction of sp³-hybridized carbons (Fsp3) is 0.158. The molecule has 1 aromatic carbocycles. The number of benzene rings is 1. The van der Waals surface area contributed by atoms with Gasteiger partial charge in [0, 0.05) is 19.2 Å². The molecule has 0 bridgehead atoms. The van der Waals surface area contributed by atoms with Crippen molar-refractivity contribution in [3.8, 4) is 6.07 Å². The van der Waals surface area contributed by atoms with Gasteiger partial charge in [-0.1, -0.05) is 12.1 Å². The van der Waals surface area contributed by atoms with E-state index in [-0.39, 0.29) is 11.6 Å². The molecular weight excluding hydrogens is 330 g/mol. The van der Waals surface area contributed by atoms with E-state index in [1.165, 1.54) is 0 Å². The molecule has 0 atom stereocenters. The average molecular weight is 347 g/mol. The molecule has 0 aliphatic rings. The number of furan rings is 1. The Morgan fingerprint density at radius 1 is 1.15 bits per heavy atom. The number of rotatable bonds is 6. The summed E-state index contributed by atoms with van der Waals surface area (Å²) in [6, 6.07) is 16.4. The van der Waals surface area contributed by atoms with Crippen molar-refractivity contribution in [2.24, 2.45) is 0 Å². The molecule has 0 spiro atoms. The van der Waals surface area contributed by atoms with Crippen molar-refractivity contribution in [1.82, 2.24) is 15.5 Å². The third-order valence-electron chi connectivity index (χ3n) is 3.83. The number of nitriles is 1. The van der Waals surface area contributed by atoms with E-state index in [0.717, 1.165) is 11.3 Å². The van der Waals surface area contributed by atoms with Crippen LogP contribution in [0.3, 0.4) is 0 Å². The summed E-state index contributed by atoms with van der Waals surface area (Å²) in [7, 11) is 1.60. The first-order valence-electron chi connectivity index (χ1n) is 8.02. The molecule has 3 aromatic rings. The number of hydrogen-bond acceptors (Lipinski definition) is 6. The lowest BCUT2D eigenvalue weighted by Gasteiger charge is -2.22. The average Bonchev–Trinajstić information content (AvgIpc) is 3.20. The standard InChI is InChI=1S/C19H17N5O2/c1-21-19(25)15-6-4-14(5-7-15)12-24(13-17-3-2-10-26-17)18-9-8-16(11-20)22-23-18/h2-10H,12-13H2,1H3,(H,21,25). The molecule has 26 heavy (non-hydrogen) atoms. The minimum absolute atomic E-state index is 0.123. The number of amides is 1. The number of aromatic nitrogens is 2. The quantitative estimate of drug-likeness (QED) is 0.736. The Balaban J connectivity index is 1.83. The Labute approximate surface area is 150 Å². The topological polar surface area (TPSA) is 95.1 Å². The van der Waals surface area contributed by atoms with Gasteiger partial charge in [0.15, 0.2) is 11.5 Å². The molecule has 7 nitrogen and oxygen atoms in total. The van der Waals surface area contributed by atoms with Crippen molar-refractivity contribution in [2.75, 3.05) is 11.9 Å². The molecular formula is C19H17N5O2. The lowest BCUT2D eigenvalue weighted by atomic mass is 10.1. The molecule has 130 valence electrons. The lowest BCUT2D eigenvalue weighted by Crippen LogP contribution is -2.23. The van der Waals surface area contributed by atoms with E-state index < -0.39 is 0 Å². The van der Waals surface area contributed by atoms with Crippen molar-refractivity contribution < 1.29 is 9.21 Å². The number of nitrogens with one attached hydrogen (secondary N) is 1. The fourth-order valence-corrected chi connectivity index (χ4v) is 2.49. The fourth-order valence-electron chi connectivity index (χ4n) is 2.49. The number of hydrogen-bond donors (Lipinski definition) is 1. The van der Waals surface area contributed by atoms with Crippen LogP contribution >= 0.6 is 0 Å². The van der Waals surface area contributed by atoms with Crippen LogP contribution in [0.2, 0.25) is 0 Å². The van der Waals surface area contributed by atoms with Gasteiger partial charge in [-0.25, -0.2) is 0 Å². The molecule has 0 saturated heterocycles. The molecule has 1 N–H and O–H groups in total. The molecule has 0 fully saturated rings. The summed E-state index contributed by atoms with van der Waals surface area (Å²) in [6.07, 6.45) is 1.62. The number of carbonyl (C=O) groups excluding carboxylic acids is 1. The highest BCUT2D eigenvalue weighted by atomic mass is 16.3. The molecule has 0 unspecified atom stereocenters. The van der Waals surface area contributed by atoms with Crippen LogP contribution in [0.15, 0.2) is 59.2 Å². The zero-order valence-corrected chi connectivity index (χ0v) is 14.2. The third kappa shape index (κ3) is 4.05. The maximum Gasteiger partial charge on any atom is 0.251 e. The molecule has 2 aromatic heterocycles. The van der Waals surface area contributed by atoms with Crippen LogP contribution in [0.1, 0.15) is 27.4 Å². The van der Waals surface area contributed by atoms with Crippen LogP contribution in [0.4, 0.5) is 5.82 Å². The highest BCUT2D eigenvalue weighted by Crippen LogP contribution is 2.18. The van der Waals surface area contributed by atoms with Gasteiger partial charge in [-0.3, -0.25) is 4.79 Å². The summed E-state index contributed by atoms with van der Waals surface area (Å²) in [5.41, 5.74) is 1.88. The van der Waals surface area contributed by atoms with Crippen molar-refractivity contribution >= 4 is 11.7 Å². The van der Waals surface area contributed by atoms with Gasteiger partial charge in [-0.2, -0.15) is 5.26 Å². The Bertz CT molecular complexity index is 897. The summed E-state index contributed by atoms with van der Waals surface area (Å²) >= 11 is 0. The maximum absolute atomic E-state index is 11.7. The SMILES string of the molecule is CNC(=O)c1ccc(CN(Cc2ccco2)c2ccc(C#N)nn2)cc1. The molecule has 1 amide bonds. The lowest BCUT2D eigenvalue weighted by molar-refractivity contribution is 0.0963. The predicted molar refractivity (Wildman–Crippen MR) is 95.2 cm³/mol. The number of anilines is 1. The van der Waals surface area contributed by atoms with Crippen LogP contribution < -0.4 is 10.2 Å². The monoisotopic (exact) mass is 347 g/mol. The molecule has 3 rings (SSSR count). The van der Waals surface area contributed by atoms with E-state index in [1.807, 2.05) is 35.2 Å². The van der Waals surface area contributed by atoms with Crippen molar-refractivity contribution in [3.05, 3.63) is 77.4 Å². The maximum atomic E-state index is 11.7. The Morgan fingerprint density at radius 2 is 1.96 bits per heavy atom. The largest absolute Gasteiger partial charge is 0.467 e. The summed E-state index contributed by atoms with van der Waals surface area (Å²) in [4.78, 5) is 13.6. The van der Waals surface area contributed by atoms with E-state index in [0.29, 0.717) is 24.5 Å². The van der Waals surface area contributed by atoms with Gasteiger partial charge in [-0.05, 0) is 42.0 Å². The minimum atomic E-state index is -0.123. The second kappa shape index (κ2) is 7.94. The van der Waals surface area contributed by atoms with Gasteiger partial charge in [-0.15, -0.1) is 10.2 Å². The summed E-state index contributed by atoms with van der Waals surface area (Å²) < 4.78 is 5.44. The van der Waals surface area contributed by atoms with Crippen LogP contribution in [-0.2, 0) is 13.1 Å². The first-order valence-corrected chi connectivity index (χ1v) is 8.02.